The number of nitrogens with one attached hydrogen (secondary N) is 1. The smallest absolute Gasteiger partial charge is 0.276 e. The van der Waals surface area contributed by atoms with Crippen molar-refractivity contribution in [1.29, 1.82) is 0 Å². The number of carbonyl (C=O) groups is 1. The lowest BCUT2D eigenvalue weighted by Gasteiger charge is -2.31. The van der Waals surface area contributed by atoms with Gasteiger partial charge in [0, 0.05) is 42.8 Å². The van der Waals surface area contributed by atoms with Crippen molar-refractivity contribution in [3.63, 3.8) is 0 Å². The first-order valence-electron chi connectivity index (χ1n) is 9.69. The third-order valence-electron chi connectivity index (χ3n) is 5.27. The van der Waals surface area contributed by atoms with Crippen molar-refractivity contribution < 1.29 is 13.7 Å². The lowest BCUT2D eigenvalue weighted by atomic mass is 9.89. The van der Waals surface area contributed by atoms with Gasteiger partial charge in [-0.15, -0.1) is 0 Å². The summed E-state index contributed by atoms with van der Waals surface area (Å²) in [6, 6.07) is 8.28. The summed E-state index contributed by atoms with van der Waals surface area (Å²) < 4.78 is 18.8. The quantitative estimate of drug-likeness (QED) is 0.718. The molecule has 2 aromatic heterocycles. The number of rotatable bonds is 5. The van der Waals surface area contributed by atoms with Crippen LogP contribution in [0.5, 0.6) is 0 Å². The number of aromatic nitrogens is 3. The van der Waals surface area contributed by atoms with Crippen LogP contribution >= 0.6 is 0 Å². The minimum atomic E-state index is -0.264. The molecule has 1 fully saturated rings. The van der Waals surface area contributed by atoms with Crippen molar-refractivity contribution in [1.82, 2.24) is 20.3 Å². The van der Waals surface area contributed by atoms with Crippen molar-refractivity contribution in [2.45, 2.75) is 38.5 Å². The van der Waals surface area contributed by atoms with Crippen molar-refractivity contribution in [3.05, 3.63) is 59.5 Å². The highest BCUT2D eigenvalue weighted by Crippen LogP contribution is 2.34. The lowest BCUT2D eigenvalue weighted by molar-refractivity contribution is 0.0701. The summed E-state index contributed by atoms with van der Waals surface area (Å²) in [7, 11) is 0. The van der Waals surface area contributed by atoms with Crippen LogP contribution in [-0.4, -0.2) is 39.3 Å². The van der Waals surface area contributed by atoms with Gasteiger partial charge in [-0.05, 0) is 37.0 Å². The molecule has 0 atom stereocenters. The standard InChI is InChI=1S/C21H23FN4O2/c1-2-4-17-12-19(25-28-17)21(27)26-9-7-14(8-10-26)20-18(13-23-24-20)15-5-3-6-16(22)11-15/h3,5-6,11-14H,2,4,7-10H2,1H3,(H,23,24). The summed E-state index contributed by atoms with van der Waals surface area (Å²) in [5, 5.41) is 11.2. The molecule has 7 heteroatoms. The number of hydrogen-bond acceptors (Lipinski definition) is 4. The molecule has 1 N–H and O–H groups in total. The Morgan fingerprint density at radius 1 is 1.32 bits per heavy atom. The second kappa shape index (κ2) is 7.96. The maximum atomic E-state index is 13.6. The predicted molar refractivity (Wildman–Crippen MR) is 102 cm³/mol. The van der Waals surface area contributed by atoms with E-state index in [4.69, 9.17) is 4.52 Å². The van der Waals surface area contributed by atoms with E-state index in [2.05, 4.69) is 22.3 Å². The average molecular weight is 382 g/mol. The number of likely N-dealkylation sites (tertiary alicyclic amines) is 1. The highest BCUT2D eigenvalue weighted by molar-refractivity contribution is 5.92. The number of piperidine rings is 1. The molecule has 146 valence electrons. The average Bonchev–Trinajstić information content (AvgIpc) is 3.38. The van der Waals surface area contributed by atoms with Gasteiger partial charge in [-0.3, -0.25) is 9.89 Å². The van der Waals surface area contributed by atoms with Gasteiger partial charge in [0.05, 0.1) is 6.20 Å². The first kappa shape index (κ1) is 18.4. The number of aryl methyl sites for hydroxylation is 1. The minimum Gasteiger partial charge on any atom is -0.361 e. The molecular formula is C21H23FN4O2. The van der Waals surface area contributed by atoms with Gasteiger partial charge < -0.3 is 9.42 Å². The summed E-state index contributed by atoms with van der Waals surface area (Å²) in [4.78, 5) is 14.5. The molecule has 1 aromatic carbocycles. The van der Waals surface area contributed by atoms with Crippen LogP contribution in [0, 0.1) is 5.82 Å². The monoisotopic (exact) mass is 382 g/mol. The summed E-state index contributed by atoms with van der Waals surface area (Å²) in [6.45, 7) is 3.34. The topological polar surface area (TPSA) is 75.0 Å². The third-order valence-corrected chi connectivity index (χ3v) is 5.27. The van der Waals surface area contributed by atoms with Crippen LogP contribution < -0.4 is 0 Å². The fraction of sp³-hybridized carbons (Fsp3) is 0.381. The summed E-state index contributed by atoms with van der Waals surface area (Å²) >= 11 is 0. The molecule has 3 aromatic rings. The molecule has 0 radical (unpaired) electrons. The van der Waals surface area contributed by atoms with E-state index in [0.717, 1.165) is 48.3 Å². The third kappa shape index (κ3) is 3.69. The fourth-order valence-electron chi connectivity index (χ4n) is 3.80. The van der Waals surface area contributed by atoms with Gasteiger partial charge >= 0.3 is 0 Å². The Labute approximate surface area is 162 Å². The zero-order valence-electron chi connectivity index (χ0n) is 15.8. The molecule has 1 aliphatic heterocycles. The first-order chi connectivity index (χ1) is 13.7. The lowest BCUT2D eigenvalue weighted by Crippen LogP contribution is -2.38. The Morgan fingerprint density at radius 2 is 2.14 bits per heavy atom. The van der Waals surface area contributed by atoms with Crippen LogP contribution in [0.1, 0.15) is 54.0 Å². The van der Waals surface area contributed by atoms with Crippen molar-refractivity contribution in [2.75, 3.05) is 13.1 Å². The molecule has 3 heterocycles. The highest BCUT2D eigenvalue weighted by atomic mass is 19.1. The number of halogens is 1. The Kier molecular flexibility index (Phi) is 5.23. The molecule has 0 bridgehead atoms. The van der Waals surface area contributed by atoms with Gasteiger partial charge in [-0.2, -0.15) is 5.10 Å². The van der Waals surface area contributed by atoms with E-state index >= 15 is 0 Å². The van der Waals surface area contributed by atoms with E-state index in [1.807, 2.05) is 11.0 Å². The maximum Gasteiger partial charge on any atom is 0.276 e. The Balaban J connectivity index is 1.43. The Hall–Kier alpha value is -2.96. The number of carbonyl (C=O) groups excluding carboxylic acids is 1. The second-order valence-electron chi connectivity index (χ2n) is 7.20. The minimum absolute atomic E-state index is 0.0838. The van der Waals surface area contributed by atoms with E-state index in [9.17, 15) is 9.18 Å². The van der Waals surface area contributed by atoms with E-state index in [0.29, 0.717) is 18.8 Å². The normalized spacial score (nSPS) is 15.1. The van der Waals surface area contributed by atoms with Gasteiger partial charge in [-0.1, -0.05) is 24.2 Å². The zero-order chi connectivity index (χ0) is 19.5. The maximum absolute atomic E-state index is 13.6. The number of hydrogen-bond donors (Lipinski definition) is 1. The second-order valence-corrected chi connectivity index (χ2v) is 7.20. The van der Waals surface area contributed by atoms with Gasteiger partial charge in [0.1, 0.15) is 11.6 Å². The Morgan fingerprint density at radius 3 is 2.89 bits per heavy atom. The summed E-state index contributed by atoms with van der Waals surface area (Å²) in [5.41, 5.74) is 3.12. The fourth-order valence-corrected chi connectivity index (χ4v) is 3.80. The summed E-state index contributed by atoms with van der Waals surface area (Å²) in [5.74, 6) is 0.648. The van der Waals surface area contributed by atoms with Crippen LogP contribution in [0.25, 0.3) is 11.1 Å². The molecule has 0 spiro atoms. The van der Waals surface area contributed by atoms with Crippen LogP contribution in [-0.2, 0) is 6.42 Å². The number of nitrogens with zero attached hydrogens (tertiary/aromatic N) is 3. The number of aromatic amines is 1. The van der Waals surface area contributed by atoms with E-state index < -0.39 is 0 Å². The highest BCUT2D eigenvalue weighted by Gasteiger charge is 2.28. The molecule has 1 saturated heterocycles. The molecule has 0 aliphatic carbocycles. The van der Waals surface area contributed by atoms with Gasteiger partial charge in [0.15, 0.2) is 5.69 Å². The SMILES string of the molecule is CCCc1cc(C(=O)N2CCC(c3[nH]ncc3-c3cccc(F)c3)CC2)no1. The molecule has 1 aliphatic rings. The van der Waals surface area contributed by atoms with E-state index in [1.54, 1.807) is 18.3 Å². The summed E-state index contributed by atoms with van der Waals surface area (Å²) in [6.07, 6.45) is 5.11. The molecule has 6 nitrogen and oxygen atoms in total. The zero-order valence-corrected chi connectivity index (χ0v) is 15.8. The first-order valence-corrected chi connectivity index (χ1v) is 9.69. The van der Waals surface area contributed by atoms with Crippen LogP contribution in [0.2, 0.25) is 0 Å². The Bertz CT molecular complexity index is 957. The van der Waals surface area contributed by atoms with Crippen molar-refractivity contribution >= 4 is 5.91 Å². The largest absolute Gasteiger partial charge is 0.361 e. The van der Waals surface area contributed by atoms with Gasteiger partial charge in [0.2, 0.25) is 0 Å². The van der Waals surface area contributed by atoms with Gasteiger partial charge in [-0.25, -0.2) is 4.39 Å². The van der Waals surface area contributed by atoms with E-state index in [-0.39, 0.29) is 17.6 Å². The molecular weight excluding hydrogens is 359 g/mol. The molecule has 1 amide bonds. The molecule has 0 unspecified atom stereocenters. The number of amides is 1. The van der Waals surface area contributed by atoms with Crippen molar-refractivity contribution in [2.24, 2.45) is 0 Å². The van der Waals surface area contributed by atoms with Crippen molar-refractivity contribution in [3.8, 4) is 11.1 Å². The molecule has 28 heavy (non-hydrogen) atoms. The van der Waals surface area contributed by atoms with E-state index in [1.165, 1.54) is 12.1 Å². The molecule has 0 saturated carbocycles. The van der Waals surface area contributed by atoms with Crippen LogP contribution in [0.4, 0.5) is 4.39 Å². The van der Waals surface area contributed by atoms with Crippen LogP contribution in [0.15, 0.2) is 41.1 Å². The van der Waals surface area contributed by atoms with Crippen LogP contribution in [0.3, 0.4) is 0 Å². The predicted octanol–water partition coefficient (Wildman–Crippen LogP) is 4.18. The molecule has 4 rings (SSSR count). The van der Waals surface area contributed by atoms with Gasteiger partial charge in [0.25, 0.3) is 5.91 Å². The number of benzene rings is 1. The number of H-pyrrole nitrogens is 1.